The van der Waals surface area contributed by atoms with Crippen LogP contribution in [-0.2, 0) is 0 Å². The van der Waals surface area contributed by atoms with Gasteiger partial charge >= 0.3 is 0 Å². The van der Waals surface area contributed by atoms with Crippen LogP contribution in [0.25, 0.3) is 34.2 Å². The highest BCUT2D eigenvalue weighted by molar-refractivity contribution is 9.10. The summed E-state index contributed by atoms with van der Waals surface area (Å²) in [6.45, 7) is 0. The van der Waals surface area contributed by atoms with Crippen LogP contribution in [0, 0.1) is 11.3 Å². The van der Waals surface area contributed by atoms with Crippen molar-refractivity contribution in [3.8, 4) is 28.7 Å². The van der Waals surface area contributed by atoms with Crippen molar-refractivity contribution in [3.05, 3.63) is 85.3 Å². The fourth-order valence-corrected chi connectivity index (χ4v) is 4.14. The van der Waals surface area contributed by atoms with Gasteiger partial charge in [0.25, 0.3) is 0 Å². The normalized spacial score (nSPS) is 11.4. The monoisotopic (exact) mass is 500 g/mol. The molecule has 2 aromatic heterocycles. The van der Waals surface area contributed by atoms with Gasteiger partial charge in [-0.3, -0.25) is 0 Å². The molecule has 4 rings (SSSR count). The van der Waals surface area contributed by atoms with E-state index in [9.17, 15) is 5.26 Å². The summed E-state index contributed by atoms with van der Waals surface area (Å²) in [5.41, 5.74) is 2.94. The van der Waals surface area contributed by atoms with Crippen LogP contribution < -0.4 is 0 Å². The number of halogens is 3. The second-order valence-electron chi connectivity index (χ2n) is 6.04. The predicted molar refractivity (Wildman–Crippen MR) is 123 cm³/mol. The van der Waals surface area contributed by atoms with E-state index in [2.05, 4.69) is 27.0 Å². The summed E-state index contributed by atoms with van der Waals surface area (Å²) >= 11 is 17.1. The third kappa shape index (κ3) is 4.47. The second kappa shape index (κ2) is 8.56. The quantitative estimate of drug-likeness (QED) is 0.265. The van der Waals surface area contributed by atoms with E-state index < -0.39 is 0 Å². The fourth-order valence-electron chi connectivity index (χ4n) is 2.70. The molecule has 0 saturated carbocycles. The summed E-state index contributed by atoms with van der Waals surface area (Å²) in [6.07, 6.45) is 1.67. The predicted octanol–water partition coefficient (Wildman–Crippen LogP) is 8.20. The first-order valence-corrected chi connectivity index (χ1v) is 10.9. The SMILES string of the molecule is N#C/C(=C\c1ccc(-c2cc(Cl)ccc2Cl)o1)c1nc(-c2ccc(Br)cc2)cs1. The third-order valence-corrected chi connectivity index (χ3v) is 6.07. The van der Waals surface area contributed by atoms with Crippen LogP contribution in [0.1, 0.15) is 10.8 Å². The third-order valence-electron chi connectivity index (χ3n) is 4.10. The number of rotatable bonds is 4. The van der Waals surface area contributed by atoms with E-state index in [0.29, 0.717) is 37.7 Å². The maximum atomic E-state index is 9.62. The van der Waals surface area contributed by atoms with Crippen molar-refractivity contribution in [3.63, 3.8) is 0 Å². The van der Waals surface area contributed by atoms with Gasteiger partial charge in [0.1, 0.15) is 22.6 Å². The van der Waals surface area contributed by atoms with Gasteiger partial charge in [-0.2, -0.15) is 5.26 Å². The molecule has 0 aliphatic rings. The zero-order valence-electron chi connectivity index (χ0n) is 14.7. The number of benzene rings is 2. The molecule has 0 unspecified atom stereocenters. The molecule has 0 aliphatic heterocycles. The molecule has 142 valence electrons. The van der Waals surface area contributed by atoms with Crippen molar-refractivity contribution in [1.82, 2.24) is 4.98 Å². The van der Waals surface area contributed by atoms with Gasteiger partial charge in [0.2, 0.25) is 0 Å². The van der Waals surface area contributed by atoms with Crippen LogP contribution >= 0.6 is 50.5 Å². The van der Waals surface area contributed by atoms with Gasteiger partial charge in [0, 0.05) is 32.1 Å². The zero-order chi connectivity index (χ0) is 20.4. The van der Waals surface area contributed by atoms with Crippen LogP contribution in [0.4, 0.5) is 0 Å². The molecule has 0 aliphatic carbocycles. The van der Waals surface area contributed by atoms with Crippen molar-refractivity contribution in [2.45, 2.75) is 0 Å². The Balaban J connectivity index is 1.64. The Morgan fingerprint density at radius 2 is 1.90 bits per heavy atom. The van der Waals surface area contributed by atoms with Crippen molar-refractivity contribution < 1.29 is 4.42 Å². The lowest BCUT2D eigenvalue weighted by Gasteiger charge is -2.01. The van der Waals surface area contributed by atoms with Gasteiger partial charge in [0.05, 0.1) is 16.3 Å². The summed E-state index contributed by atoms with van der Waals surface area (Å²) < 4.78 is 6.87. The minimum Gasteiger partial charge on any atom is -0.457 e. The standard InChI is InChI=1S/C22H11BrCl2N2OS/c23-15-3-1-13(2-4-15)20-12-29-22(27-20)14(11-26)9-17-6-8-21(28-17)18-10-16(24)5-7-19(18)25/h1-10,12H/b14-9+. The number of hydrogen-bond donors (Lipinski definition) is 0. The topological polar surface area (TPSA) is 49.8 Å². The number of allylic oxidation sites excluding steroid dienone is 1. The first-order valence-electron chi connectivity index (χ1n) is 8.42. The molecule has 0 amide bonds. The highest BCUT2D eigenvalue weighted by Gasteiger charge is 2.12. The Kier molecular flexibility index (Phi) is 5.89. The minimum absolute atomic E-state index is 0.427. The van der Waals surface area contributed by atoms with E-state index in [-0.39, 0.29) is 0 Å². The molecule has 0 N–H and O–H groups in total. The smallest absolute Gasteiger partial charge is 0.136 e. The molecule has 3 nitrogen and oxygen atoms in total. The molecule has 0 radical (unpaired) electrons. The number of aromatic nitrogens is 1. The molecule has 4 aromatic rings. The molecule has 0 fully saturated rings. The van der Waals surface area contributed by atoms with E-state index in [1.54, 1.807) is 36.4 Å². The molecule has 0 bridgehead atoms. The van der Waals surface area contributed by atoms with E-state index in [4.69, 9.17) is 27.6 Å². The van der Waals surface area contributed by atoms with Crippen molar-refractivity contribution in [1.29, 1.82) is 5.26 Å². The molecule has 0 saturated heterocycles. The summed E-state index contributed by atoms with van der Waals surface area (Å²) in [7, 11) is 0. The molecular weight excluding hydrogens is 491 g/mol. The van der Waals surface area contributed by atoms with Gasteiger partial charge in [-0.05, 0) is 42.5 Å². The summed E-state index contributed by atoms with van der Waals surface area (Å²) in [5.74, 6) is 1.11. The number of furan rings is 1. The maximum absolute atomic E-state index is 9.62. The van der Waals surface area contributed by atoms with Crippen LogP contribution in [0.3, 0.4) is 0 Å². The fraction of sp³-hybridized carbons (Fsp3) is 0. The summed E-state index contributed by atoms with van der Waals surface area (Å²) in [6, 6.07) is 18.8. The first kappa shape index (κ1) is 19.9. The number of thiazole rings is 1. The second-order valence-corrected chi connectivity index (χ2v) is 8.66. The Hall–Kier alpha value is -2.36. The summed E-state index contributed by atoms with van der Waals surface area (Å²) in [4.78, 5) is 4.60. The number of nitrogens with zero attached hydrogens (tertiary/aromatic N) is 2. The Labute approximate surface area is 190 Å². The molecule has 0 spiro atoms. The lowest BCUT2D eigenvalue weighted by molar-refractivity contribution is 0.572. The molecule has 29 heavy (non-hydrogen) atoms. The van der Waals surface area contributed by atoms with Gasteiger partial charge in [-0.1, -0.05) is 51.3 Å². The van der Waals surface area contributed by atoms with Crippen LogP contribution in [-0.4, -0.2) is 4.98 Å². The van der Waals surface area contributed by atoms with Gasteiger partial charge < -0.3 is 4.42 Å². The lowest BCUT2D eigenvalue weighted by Crippen LogP contribution is -1.82. The summed E-state index contributed by atoms with van der Waals surface area (Å²) in [5, 5.41) is 13.3. The zero-order valence-corrected chi connectivity index (χ0v) is 18.6. The molecule has 0 atom stereocenters. The average molecular weight is 502 g/mol. The van der Waals surface area contributed by atoms with E-state index in [1.807, 2.05) is 29.6 Å². The van der Waals surface area contributed by atoms with Crippen molar-refractivity contribution in [2.24, 2.45) is 0 Å². The minimum atomic E-state index is 0.427. The highest BCUT2D eigenvalue weighted by atomic mass is 79.9. The van der Waals surface area contributed by atoms with Crippen molar-refractivity contribution >= 4 is 62.1 Å². The molecule has 2 heterocycles. The van der Waals surface area contributed by atoms with E-state index >= 15 is 0 Å². The highest BCUT2D eigenvalue weighted by Crippen LogP contribution is 2.33. The van der Waals surface area contributed by atoms with Gasteiger partial charge in [-0.25, -0.2) is 4.98 Å². The van der Waals surface area contributed by atoms with E-state index in [1.165, 1.54) is 11.3 Å². The average Bonchev–Trinajstić information content (AvgIpc) is 3.38. The molecule has 7 heteroatoms. The lowest BCUT2D eigenvalue weighted by atomic mass is 10.2. The Morgan fingerprint density at radius 1 is 1.10 bits per heavy atom. The first-order chi connectivity index (χ1) is 14.0. The van der Waals surface area contributed by atoms with Gasteiger partial charge in [-0.15, -0.1) is 11.3 Å². The van der Waals surface area contributed by atoms with Crippen LogP contribution in [0.15, 0.2) is 68.9 Å². The molecule has 2 aromatic carbocycles. The Morgan fingerprint density at radius 3 is 2.66 bits per heavy atom. The van der Waals surface area contributed by atoms with E-state index in [0.717, 1.165) is 15.7 Å². The molecular formula is C22H11BrCl2N2OS. The largest absolute Gasteiger partial charge is 0.457 e. The Bertz CT molecular complexity index is 1250. The van der Waals surface area contributed by atoms with Crippen LogP contribution in [0.5, 0.6) is 0 Å². The van der Waals surface area contributed by atoms with Gasteiger partial charge in [0.15, 0.2) is 0 Å². The number of nitriles is 1. The maximum Gasteiger partial charge on any atom is 0.136 e. The van der Waals surface area contributed by atoms with Crippen molar-refractivity contribution in [2.75, 3.05) is 0 Å². The van der Waals surface area contributed by atoms with Crippen LogP contribution in [0.2, 0.25) is 10.0 Å². The number of hydrogen-bond acceptors (Lipinski definition) is 4.